The van der Waals surface area contributed by atoms with Crippen LogP contribution in [0.1, 0.15) is 46.2 Å². The lowest BCUT2D eigenvalue weighted by Gasteiger charge is -2.33. The average molecular weight is 312 g/mol. The van der Waals surface area contributed by atoms with Crippen molar-refractivity contribution in [3.05, 3.63) is 53.4 Å². The molecule has 23 heavy (non-hydrogen) atoms. The Morgan fingerprint density at radius 3 is 3.04 bits per heavy atom. The molecule has 1 unspecified atom stereocenters. The van der Waals surface area contributed by atoms with E-state index >= 15 is 0 Å². The molecule has 1 atom stereocenters. The van der Waals surface area contributed by atoms with Gasteiger partial charge in [0.25, 0.3) is 5.91 Å². The number of nitrogens with zero attached hydrogens (tertiary/aromatic N) is 4. The highest BCUT2D eigenvalue weighted by Crippen LogP contribution is 2.28. The van der Waals surface area contributed by atoms with Crippen LogP contribution in [0.3, 0.4) is 0 Å². The van der Waals surface area contributed by atoms with Gasteiger partial charge in [-0.3, -0.25) is 9.78 Å². The molecule has 0 spiro atoms. The van der Waals surface area contributed by atoms with Crippen molar-refractivity contribution in [2.24, 2.45) is 0 Å². The number of amides is 1. The summed E-state index contributed by atoms with van der Waals surface area (Å²) in [4.78, 5) is 27.1. The molecule has 120 valence electrons. The second kappa shape index (κ2) is 6.83. The lowest BCUT2D eigenvalue weighted by atomic mass is 9.91. The summed E-state index contributed by atoms with van der Waals surface area (Å²) in [5.74, 6) is 0.820. The summed E-state index contributed by atoms with van der Waals surface area (Å²) in [6.07, 6.45) is 6.82. The van der Waals surface area contributed by atoms with Crippen molar-refractivity contribution in [2.45, 2.75) is 32.3 Å². The van der Waals surface area contributed by atoms with Crippen molar-refractivity contribution in [1.82, 2.24) is 19.9 Å². The van der Waals surface area contributed by atoms with E-state index in [-0.39, 0.29) is 18.4 Å². The van der Waals surface area contributed by atoms with Gasteiger partial charge in [-0.2, -0.15) is 0 Å². The minimum Gasteiger partial charge on any atom is -0.392 e. The summed E-state index contributed by atoms with van der Waals surface area (Å²) in [5.41, 5.74) is 2.22. The predicted molar refractivity (Wildman–Crippen MR) is 84.8 cm³/mol. The summed E-state index contributed by atoms with van der Waals surface area (Å²) in [6.45, 7) is 3.11. The van der Waals surface area contributed by atoms with Crippen LogP contribution >= 0.6 is 0 Å². The first-order valence-electron chi connectivity index (χ1n) is 7.81. The van der Waals surface area contributed by atoms with Crippen LogP contribution in [0.15, 0.2) is 30.7 Å². The number of carbonyl (C=O) groups excluding carboxylic acids is 1. The molecule has 6 heteroatoms. The molecule has 1 fully saturated rings. The summed E-state index contributed by atoms with van der Waals surface area (Å²) < 4.78 is 0. The number of aliphatic hydroxyl groups excluding tert-OH is 1. The van der Waals surface area contributed by atoms with Crippen LogP contribution in [0, 0.1) is 6.92 Å². The van der Waals surface area contributed by atoms with Gasteiger partial charge in [0.15, 0.2) is 0 Å². The molecule has 6 nitrogen and oxygen atoms in total. The fourth-order valence-corrected chi connectivity index (χ4v) is 3.04. The van der Waals surface area contributed by atoms with E-state index in [4.69, 9.17) is 0 Å². The number of aryl methyl sites for hydroxylation is 1. The highest BCUT2D eigenvalue weighted by molar-refractivity contribution is 5.94. The van der Waals surface area contributed by atoms with Crippen LogP contribution in [0.5, 0.6) is 0 Å². The van der Waals surface area contributed by atoms with Gasteiger partial charge in [-0.15, -0.1) is 0 Å². The molecule has 0 aliphatic carbocycles. The fraction of sp³-hybridized carbons (Fsp3) is 0.412. The quantitative estimate of drug-likeness (QED) is 0.933. The number of rotatable bonds is 3. The maximum absolute atomic E-state index is 12.6. The Balaban J connectivity index is 1.81. The topological polar surface area (TPSA) is 79.2 Å². The lowest BCUT2D eigenvalue weighted by Crippen LogP contribution is -2.39. The van der Waals surface area contributed by atoms with E-state index in [1.807, 2.05) is 11.8 Å². The number of piperidine rings is 1. The van der Waals surface area contributed by atoms with Crippen LogP contribution in [0.25, 0.3) is 0 Å². The van der Waals surface area contributed by atoms with Crippen LogP contribution in [0.4, 0.5) is 0 Å². The molecule has 0 aromatic carbocycles. The van der Waals surface area contributed by atoms with Gasteiger partial charge in [0.05, 0.1) is 17.9 Å². The van der Waals surface area contributed by atoms with E-state index in [1.54, 1.807) is 30.7 Å². The van der Waals surface area contributed by atoms with Crippen LogP contribution in [-0.2, 0) is 6.61 Å². The van der Waals surface area contributed by atoms with Crippen LogP contribution < -0.4 is 0 Å². The van der Waals surface area contributed by atoms with Gasteiger partial charge >= 0.3 is 0 Å². The van der Waals surface area contributed by atoms with Gasteiger partial charge in [0.1, 0.15) is 5.82 Å². The minimum absolute atomic E-state index is 0.000809. The molecule has 0 radical (unpaired) electrons. The Morgan fingerprint density at radius 2 is 2.30 bits per heavy atom. The molecule has 1 amide bonds. The molecular weight excluding hydrogens is 292 g/mol. The van der Waals surface area contributed by atoms with Crippen molar-refractivity contribution < 1.29 is 9.90 Å². The zero-order chi connectivity index (χ0) is 16.2. The molecular formula is C17H20N4O2. The second-order valence-corrected chi connectivity index (χ2v) is 5.82. The molecule has 1 aliphatic heterocycles. The van der Waals surface area contributed by atoms with Gasteiger partial charge in [0.2, 0.25) is 0 Å². The number of hydrogen-bond donors (Lipinski definition) is 1. The van der Waals surface area contributed by atoms with E-state index in [0.29, 0.717) is 17.9 Å². The molecule has 1 N–H and O–H groups in total. The Bertz CT molecular complexity index is 690. The Morgan fingerprint density at radius 1 is 1.43 bits per heavy atom. The second-order valence-electron chi connectivity index (χ2n) is 5.82. The third-order valence-electron chi connectivity index (χ3n) is 4.19. The lowest BCUT2D eigenvalue weighted by molar-refractivity contribution is 0.0704. The van der Waals surface area contributed by atoms with Crippen molar-refractivity contribution in [1.29, 1.82) is 0 Å². The third kappa shape index (κ3) is 3.37. The Kier molecular flexibility index (Phi) is 4.62. The summed E-state index contributed by atoms with van der Waals surface area (Å²) in [5, 5.41) is 9.52. The molecule has 1 saturated heterocycles. The van der Waals surface area contributed by atoms with E-state index in [1.165, 1.54) is 0 Å². The zero-order valence-electron chi connectivity index (χ0n) is 13.1. The van der Waals surface area contributed by atoms with Gasteiger partial charge in [0, 0.05) is 43.2 Å². The maximum atomic E-state index is 12.6. The van der Waals surface area contributed by atoms with E-state index in [0.717, 1.165) is 30.6 Å². The SMILES string of the molecule is Cc1ncc(CO)c(C2CCCN(C(=O)c3cccnc3)C2)n1. The Labute approximate surface area is 135 Å². The van der Waals surface area contributed by atoms with Gasteiger partial charge < -0.3 is 10.0 Å². The minimum atomic E-state index is -0.0807. The number of aliphatic hydroxyl groups is 1. The van der Waals surface area contributed by atoms with Gasteiger partial charge in [-0.25, -0.2) is 9.97 Å². The number of carbonyl (C=O) groups is 1. The standard InChI is InChI=1S/C17H20N4O2/c1-12-19-9-15(11-22)16(20-12)14-5-3-7-21(10-14)17(23)13-4-2-6-18-8-13/h2,4,6,8-9,14,22H,3,5,7,10-11H2,1H3. The predicted octanol–water partition coefficient (Wildman–Crippen LogP) is 1.69. The van der Waals surface area contributed by atoms with Gasteiger partial charge in [-0.05, 0) is 31.9 Å². The highest BCUT2D eigenvalue weighted by Gasteiger charge is 2.28. The Hall–Kier alpha value is -2.34. The molecule has 0 bridgehead atoms. The van der Waals surface area contributed by atoms with Crippen LogP contribution in [-0.4, -0.2) is 44.0 Å². The molecule has 0 saturated carbocycles. The number of pyridine rings is 1. The first-order valence-corrected chi connectivity index (χ1v) is 7.81. The molecule has 2 aromatic heterocycles. The van der Waals surface area contributed by atoms with Crippen molar-refractivity contribution >= 4 is 5.91 Å². The third-order valence-corrected chi connectivity index (χ3v) is 4.19. The molecule has 3 heterocycles. The normalized spacial score (nSPS) is 18.0. The zero-order valence-corrected chi connectivity index (χ0v) is 13.1. The number of aromatic nitrogens is 3. The van der Waals surface area contributed by atoms with Gasteiger partial charge in [-0.1, -0.05) is 0 Å². The van der Waals surface area contributed by atoms with Crippen LogP contribution in [0.2, 0.25) is 0 Å². The number of likely N-dealkylation sites (tertiary alicyclic amines) is 1. The largest absolute Gasteiger partial charge is 0.392 e. The van der Waals surface area contributed by atoms with E-state index in [2.05, 4.69) is 15.0 Å². The monoisotopic (exact) mass is 312 g/mol. The van der Waals surface area contributed by atoms with E-state index in [9.17, 15) is 9.90 Å². The highest BCUT2D eigenvalue weighted by atomic mass is 16.3. The molecule has 1 aliphatic rings. The fourth-order valence-electron chi connectivity index (χ4n) is 3.04. The first-order chi connectivity index (χ1) is 11.2. The van der Waals surface area contributed by atoms with Crippen molar-refractivity contribution in [2.75, 3.05) is 13.1 Å². The summed E-state index contributed by atoms with van der Waals surface area (Å²) in [6, 6.07) is 3.55. The smallest absolute Gasteiger partial charge is 0.255 e. The molecule has 2 aromatic rings. The maximum Gasteiger partial charge on any atom is 0.255 e. The molecule has 3 rings (SSSR count). The van der Waals surface area contributed by atoms with Crippen molar-refractivity contribution in [3.63, 3.8) is 0 Å². The summed E-state index contributed by atoms with van der Waals surface area (Å²) in [7, 11) is 0. The average Bonchev–Trinajstić information content (AvgIpc) is 2.62. The number of hydrogen-bond acceptors (Lipinski definition) is 5. The summed E-state index contributed by atoms with van der Waals surface area (Å²) >= 11 is 0. The van der Waals surface area contributed by atoms with Crippen molar-refractivity contribution in [3.8, 4) is 0 Å². The van der Waals surface area contributed by atoms with E-state index < -0.39 is 0 Å². The first kappa shape index (κ1) is 15.6.